The molecule has 0 saturated heterocycles. The SMILES string of the molecule is CCN(C(=O)c1cnc(-n2cc(C#N)cn2)n1C)c1cccnc1. The fraction of sp³-hybridized carbons (Fsp3) is 0.188. The van der Waals surface area contributed by atoms with Crippen molar-refractivity contribution >= 4 is 11.6 Å². The highest BCUT2D eigenvalue weighted by Crippen LogP contribution is 2.17. The first-order chi connectivity index (χ1) is 11.7. The minimum atomic E-state index is -0.181. The Morgan fingerprint density at radius 3 is 2.83 bits per heavy atom. The van der Waals surface area contributed by atoms with Gasteiger partial charge in [-0.15, -0.1) is 0 Å². The first kappa shape index (κ1) is 15.4. The van der Waals surface area contributed by atoms with Gasteiger partial charge in [-0.05, 0) is 19.1 Å². The second-order valence-corrected chi connectivity index (χ2v) is 5.05. The van der Waals surface area contributed by atoms with Crippen molar-refractivity contribution in [3.8, 4) is 12.0 Å². The Morgan fingerprint density at radius 1 is 1.38 bits per heavy atom. The second-order valence-electron chi connectivity index (χ2n) is 5.05. The molecule has 8 heteroatoms. The molecule has 0 atom stereocenters. The molecule has 0 bridgehead atoms. The van der Waals surface area contributed by atoms with Gasteiger partial charge in [-0.1, -0.05) is 0 Å². The van der Waals surface area contributed by atoms with Gasteiger partial charge in [-0.2, -0.15) is 10.4 Å². The van der Waals surface area contributed by atoms with Crippen LogP contribution in [0.25, 0.3) is 5.95 Å². The van der Waals surface area contributed by atoms with Crippen molar-refractivity contribution in [1.29, 1.82) is 5.26 Å². The Kier molecular flexibility index (Phi) is 4.07. The molecule has 0 aliphatic heterocycles. The predicted octanol–water partition coefficient (Wildman–Crippen LogP) is 1.54. The topological polar surface area (TPSA) is 92.6 Å². The van der Waals surface area contributed by atoms with E-state index >= 15 is 0 Å². The largest absolute Gasteiger partial charge is 0.307 e. The van der Waals surface area contributed by atoms with Crippen molar-refractivity contribution in [3.63, 3.8) is 0 Å². The maximum absolute atomic E-state index is 12.9. The van der Waals surface area contributed by atoms with E-state index in [9.17, 15) is 4.79 Å². The van der Waals surface area contributed by atoms with E-state index in [-0.39, 0.29) is 5.91 Å². The van der Waals surface area contributed by atoms with Gasteiger partial charge in [-0.25, -0.2) is 9.67 Å². The number of anilines is 1. The number of hydrogen-bond donors (Lipinski definition) is 0. The van der Waals surface area contributed by atoms with E-state index in [1.165, 1.54) is 17.1 Å². The standard InChI is InChI=1S/C16H15N7O/c1-3-22(13-5-4-6-18-9-13)15(24)14-10-19-16(21(14)2)23-11-12(7-17)8-20-23/h4-6,8-11H,3H2,1-2H3. The lowest BCUT2D eigenvalue weighted by Crippen LogP contribution is -2.32. The van der Waals surface area contributed by atoms with Gasteiger partial charge in [0.25, 0.3) is 5.91 Å². The van der Waals surface area contributed by atoms with Gasteiger partial charge in [0.1, 0.15) is 11.8 Å². The van der Waals surface area contributed by atoms with Crippen molar-refractivity contribution in [2.45, 2.75) is 6.92 Å². The van der Waals surface area contributed by atoms with E-state index in [4.69, 9.17) is 5.26 Å². The van der Waals surface area contributed by atoms with Crippen LogP contribution in [0.15, 0.2) is 43.1 Å². The Morgan fingerprint density at radius 2 is 2.21 bits per heavy atom. The Balaban J connectivity index is 1.95. The van der Waals surface area contributed by atoms with Crippen LogP contribution in [0.2, 0.25) is 0 Å². The molecular weight excluding hydrogens is 306 g/mol. The molecule has 0 spiro atoms. The fourth-order valence-electron chi connectivity index (χ4n) is 2.40. The number of pyridine rings is 1. The molecule has 120 valence electrons. The lowest BCUT2D eigenvalue weighted by Gasteiger charge is -2.20. The van der Waals surface area contributed by atoms with E-state index in [1.807, 2.05) is 19.1 Å². The van der Waals surface area contributed by atoms with E-state index in [0.29, 0.717) is 23.8 Å². The molecule has 0 aromatic carbocycles. The molecule has 3 aromatic rings. The van der Waals surface area contributed by atoms with Gasteiger partial charge in [0.05, 0.1) is 36.0 Å². The van der Waals surface area contributed by atoms with Gasteiger partial charge in [0.15, 0.2) is 0 Å². The second kappa shape index (κ2) is 6.34. The van der Waals surface area contributed by atoms with Crippen LogP contribution in [-0.4, -0.2) is 36.8 Å². The number of nitriles is 1. The third-order valence-corrected chi connectivity index (χ3v) is 3.62. The molecule has 1 amide bonds. The average Bonchev–Trinajstić information content (AvgIpc) is 3.22. The Labute approximate surface area is 138 Å². The number of hydrogen-bond acceptors (Lipinski definition) is 5. The average molecular weight is 321 g/mol. The van der Waals surface area contributed by atoms with Gasteiger partial charge in [0.2, 0.25) is 5.95 Å². The van der Waals surface area contributed by atoms with Gasteiger partial charge in [0, 0.05) is 19.8 Å². The summed E-state index contributed by atoms with van der Waals surface area (Å²) < 4.78 is 3.12. The maximum atomic E-state index is 12.9. The van der Waals surface area contributed by atoms with Crippen LogP contribution in [-0.2, 0) is 7.05 Å². The molecule has 0 aliphatic rings. The van der Waals surface area contributed by atoms with E-state index in [0.717, 1.165) is 5.69 Å². The van der Waals surface area contributed by atoms with Crippen molar-refractivity contribution in [2.75, 3.05) is 11.4 Å². The summed E-state index contributed by atoms with van der Waals surface area (Å²) in [6.07, 6.45) is 7.82. The summed E-state index contributed by atoms with van der Waals surface area (Å²) in [4.78, 5) is 22.8. The molecule has 0 unspecified atom stereocenters. The zero-order valence-electron chi connectivity index (χ0n) is 13.3. The minimum Gasteiger partial charge on any atom is -0.307 e. The van der Waals surface area contributed by atoms with Crippen LogP contribution in [0.1, 0.15) is 23.0 Å². The Bertz CT molecular complexity index is 904. The van der Waals surface area contributed by atoms with E-state index < -0.39 is 0 Å². The first-order valence-electron chi connectivity index (χ1n) is 7.34. The summed E-state index contributed by atoms with van der Waals surface area (Å²) >= 11 is 0. The zero-order chi connectivity index (χ0) is 17.1. The fourth-order valence-corrected chi connectivity index (χ4v) is 2.40. The van der Waals surface area contributed by atoms with Crippen LogP contribution in [0, 0.1) is 11.3 Å². The number of carbonyl (C=O) groups excluding carboxylic acids is 1. The predicted molar refractivity (Wildman–Crippen MR) is 86.6 cm³/mol. The molecule has 0 N–H and O–H groups in total. The molecule has 3 aromatic heterocycles. The minimum absolute atomic E-state index is 0.181. The van der Waals surface area contributed by atoms with Gasteiger partial charge < -0.3 is 9.47 Å². The maximum Gasteiger partial charge on any atom is 0.276 e. The number of nitrogens with zero attached hydrogens (tertiary/aromatic N) is 7. The highest BCUT2D eigenvalue weighted by molar-refractivity contribution is 6.04. The summed E-state index contributed by atoms with van der Waals surface area (Å²) in [7, 11) is 1.74. The van der Waals surface area contributed by atoms with Crippen LogP contribution in [0.3, 0.4) is 0 Å². The number of carbonyl (C=O) groups is 1. The number of imidazole rings is 1. The molecule has 0 fully saturated rings. The van der Waals surface area contributed by atoms with Gasteiger partial charge >= 0.3 is 0 Å². The van der Waals surface area contributed by atoms with Gasteiger partial charge in [-0.3, -0.25) is 9.78 Å². The van der Waals surface area contributed by atoms with E-state index in [1.54, 1.807) is 41.2 Å². The van der Waals surface area contributed by atoms with Crippen LogP contribution in [0.4, 0.5) is 5.69 Å². The van der Waals surface area contributed by atoms with Crippen molar-refractivity contribution in [3.05, 3.63) is 54.4 Å². The van der Waals surface area contributed by atoms with Crippen molar-refractivity contribution < 1.29 is 4.79 Å². The van der Waals surface area contributed by atoms with E-state index in [2.05, 4.69) is 15.1 Å². The molecule has 3 rings (SSSR count). The lowest BCUT2D eigenvalue weighted by atomic mass is 10.3. The third kappa shape index (κ3) is 2.63. The van der Waals surface area contributed by atoms with Crippen LogP contribution < -0.4 is 4.90 Å². The summed E-state index contributed by atoms with van der Waals surface area (Å²) in [5.41, 5.74) is 1.57. The molecule has 0 radical (unpaired) electrons. The summed E-state index contributed by atoms with van der Waals surface area (Å²) in [5, 5.41) is 13.0. The molecule has 24 heavy (non-hydrogen) atoms. The number of aromatic nitrogens is 5. The smallest absolute Gasteiger partial charge is 0.276 e. The summed E-state index contributed by atoms with van der Waals surface area (Å²) in [6, 6.07) is 5.63. The molecule has 0 aliphatic carbocycles. The summed E-state index contributed by atoms with van der Waals surface area (Å²) in [6.45, 7) is 2.40. The first-order valence-corrected chi connectivity index (χ1v) is 7.34. The molecule has 8 nitrogen and oxygen atoms in total. The molecular formula is C16H15N7O. The number of rotatable bonds is 4. The molecule has 3 heterocycles. The van der Waals surface area contributed by atoms with Crippen molar-refractivity contribution in [1.82, 2.24) is 24.3 Å². The monoisotopic (exact) mass is 321 g/mol. The van der Waals surface area contributed by atoms with Crippen molar-refractivity contribution in [2.24, 2.45) is 7.05 Å². The lowest BCUT2D eigenvalue weighted by molar-refractivity contribution is 0.0980. The third-order valence-electron chi connectivity index (χ3n) is 3.62. The molecule has 0 saturated carbocycles. The number of amides is 1. The quantitative estimate of drug-likeness (QED) is 0.726. The normalized spacial score (nSPS) is 10.4. The Hall–Kier alpha value is -3.47. The van der Waals surface area contributed by atoms with Crippen LogP contribution >= 0.6 is 0 Å². The van der Waals surface area contributed by atoms with Crippen LogP contribution in [0.5, 0.6) is 0 Å². The highest BCUT2D eigenvalue weighted by Gasteiger charge is 2.21. The summed E-state index contributed by atoms with van der Waals surface area (Å²) in [5.74, 6) is 0.279. The highest BCUT2D eigenvalue weighted by atomic mass is 16.2. The zero-order valence-corrected chi connectivity index (χ0v) is 13.3.